The van der Waals surface area contributed by atoms with Crippen molar-refractivity contribution < 1.29 is 23.8 Å². The number of carbonyl (C=O) groups is 2. The van der Waals surface area contributed by atoms with Gasteiger partial charge in [0.1, 0.15) is 35.7 Å². The number of hydrogen-bond donors (Lipinski definition) is 5. The molecule has 3 rings (SSSR count). The SMILES string of the molecule is CCOc1cc(OCCN(C)C)cc(C(Nc2ccc(C(=N)N)cc2)C(=O)NNC(=O)c2cccc(OC)c2)c1. The Morgan fingerprint density at radius 1 is 0.925 bits per heavy atom. The van der Waals surface area contributed by atoms with E-state index in [1.165, 1.54) is 7.11 Å². The molecular formula is C29H36N6O5. The Bertz CT molecular complexity index is 1310. The fourth-order valence-corrected chi connectivity index (χ4v) is 3.68. The lowest BCUT2D eigenvalue weighted by molar-refractivity contribution is -0.122. The van der Waals surface area contributed by atoms with Crippen molar-refractivity contribution in [1.82, 2.24) is 15.8 Å². The predicted octanol–water partition coefficient (Wildman–Crippen LogP) is 2.93. The van der Waals surface area contributed by atoms with Crippen LogP contribution in [0.4, 0.5) is 5.69 Å². The number of nitrogen functional groups attached to an aromatic ring is 1. The number of anilines is 1. The standard InChI is InChI=1S/C29H36N6O5/c1-5-39-24-16-21(17-25(18-24)40-14-13-35(2)3)26(32-22-11-9-19(10-12-22)27(30)31)29(37)34-33-28(36)20-7-6-8-23(15-20)38-4/h6-12,15-18,26,32H,5,13-14H2,1-4H3,(H3,30,31)(H,33,36)(H,34,37). The lowest BCUT2D eigenvalue weighted by Crippen LogP contribution is -2.45. The number of hydrogen-bond acceptors (Lipinski definition) is 8. The van der Waals surface area contributed by atoms with E-state index in [1.54, 1.807) is 66.7 Å². The van der Waals surface area contributed by atoms with Gasteiger partial charge < -0.3 is 30.2 Å². The summed E-state index contributed by atoms with van der Waals surface area (Å²) in [4.78, 5) is 28.2. The normalized spacial score (nSPS) is 11.3. The van der Waals surface area contributed by atoms with Gasteiger partial charge in [0, 0.05) is 29.4 Å². The van der Waals surface area contributed by atoms with E-state index in [2.05, 4.69) is 16.2 Å². The van der Waals surface area contributed by atoms with E-state index in [4.69, 9.17) is 25.4 Å². The fraction of sp³-hybridized carbons (Fsp3) is 0.276. The molecule has 11 heteroatoms. The smallest absolute Gasteiger partial charge is 0.269 e. The van der Waals surface area contributed by atoms with Crippen LogP contribution in [-0.4, -0.2) is 63.5 Å². The van der Waals surface area contributed by atoms with Crippen molar-refractivity contribution in [3.8, 4) is 17.2 Å². The molecule has 0 saturated carbocycles. The van der Waals surface area contributed by atoms with Gasteiger partial charge in [0.2, 0.25) is 0 Å². The van der Waals surface area contributed by atoms with E-state index in [1.807, 2.05) is 25.9 Å². The van der Waals surface area contributed by atoms with Crippen LogP contribution in [0.3, 0.4) is 0 Å². The third-order valence-electron chi connectivity index (χ3n) is 5.75. The van der Waals surface area contributed by atoms with Crippen molar-refractivity contribution in [2.24, 2.45) is 5.73 Å². The second-order valence-electron chi connectivity index (χ2n) is 9.07. The summed E-state index contributed by atoms with van der Waals surface area (Å²) in [6, 6.07) is 17.7. The lowest BCUT2D eigenvalue weighted by atomic mass is 10.0. The van der Waals surface area contributed by atoms with Crippen molar-refractivity contribution in [3.63, 3.8) is 0 Å². The van der Waals surface area contributed by atoms with Gasteiger partial charge in [-0.15, -0.1) is 0 Å². The van der Waals surface area contributed by atoms with Gasteiger partial charge in [-0.3, -0.25) is 25.8 Å². The molecule has 1 atom stereocenters. The first-order valence-electron chi connectivity index (χ1n) is 12.7. The topological polar surface area (TPSA) is 151 Å². The number of nitrogens with one attached hydrogen (secondary N) is 4. The highest BCUT2D eigenvalue weighted by Gasteiger charge is 2.23. The highest BCUT2D eigenvalue weighted by atomic mass is 16.5. The van der Waals surface area contributed by atoms with Gasteiger partial charge in [-0.1, -0.05) is 6.07 Å². The number of amidine groups is 1. The zero-order valence-electron chi connectivity index (χ0n) is 23.1. The van der Waals surface area contributed by atoms with Crippen molar-refractivity contribution in [2.45, 2.75) is 13.0 Å². The average molecular weight is 549 g/mol. The van der Waals surface area contributed by atoms with Crippen molar-refractivity contribution in [3.05, 3.63) is 83.4 Å². The molecule has 212 valence electrons. The Morgan fingerprint density at radius 2 is 1.62 bits per heavy atom. The highest BCUT2D eigenvalue weighted by molar-refractivity contribution is 5.97. The van der Waals surface area contributed by atoms with Crippen LogP contribution in [0.15, 0.2) is 66.7 Å². The van der Waals surface area contributed by atoms with Crippen LogP contribution in [0.5, 0.6) is 17.2 Å². The second kappa shape index (κ2) is 14.4. The third kappa shape index (κ3) is 8.63. The molecule has 0 aromatic heterocycles. The summed E-state index contributed by atoms with van der Waals surface area (Å²) in [6.07, 6.45) is 0. The molecule has 0 saturated heterocycles. The molecule has 6 N–H and O–H groups in total. The third-order valence-corrected chi connectivity index (χ3v) is 5.75. The molecule has 0 bridgehead atoms. The van der Waals surface area contributed by atoms with Gasteiger partial charge in [-0.25, -0.2) is 0 Å². The summed E-state index contributed by atoms with van der Waals surface area (Å²) in [7, 11) is 5.41. The summed E-state index contributed by atoms with van der Waals surface area (Å²) in [6.45, 7) is 3.44. The quantitative estimate of drug-likeness (QED) is 0.124. The molecule has 40 heavy (non-hydrogen) atoms. The number of methoxy groups -OCH3 is 1. The van der Waals surface area contributed by atoms with Gasteiger partial charge in [0.15, 0.2) is 0 Å². The minimum Gasteiger partial charge on any atom is -0.497 e. The van der Waals surface area contributed by atoms with Gasteiger partial charge in [0.25, 0.3) is 11.8 Å². The Hall–Kier alpha value is -4.77. The molecule has 0 heterocycles. The second-order valence-corrected chi connectivity index (χ2v) is 9.07. The molecular weight excluding hydrogens is 512 g/mol. The molecule has 11 nitrogen and oxygen atoms in total. The monoisotopic (exact) mass is 548 g/mol. The summed E-state index contributed by atoms with van der Waals surface area (Å²) in [5.74, 6) is 0.487. The Kier molecular flexibility index (Phi) is 10.7. The van der Waals surface area contributed by atoms with Gasteiger partial charge >= 0.3 is 0 Å². The maximum atomic E-state index is 13.5. The molecule has 0 aliphatic heterocycles. The van der Waals surface area contributed by atoms with E-state index in [0.717, 1.165) is 0 Å². The molecule has 2 amide bonds. The number of nitrogens with zero attached hydrogens (tertiary/aromatic N) is 1. The predicted molar refractivity (Wildman–Crippen MR) is 154 cm³/mol. The molecule has 0 spiro atoms. The number of hydrazine groups is 1. The maximum absolute atomic E-state index is 13.5. The van der Waals surface area contributed by atoms with E-state index < -0.39 is 17.9 Å². The first-order valence-corrected chi connectivity index (χ1v) is 12.7. The number of carbonyl (C=O) groups excluding carboxylic acids is 2. The summed E-state index contributed by atoms with van der Waals surface area (Å²) in [5.41, 5.74) is 12.6. The molecule has 3 aromatic rings. The Morgan fingerprint density at radius 3 is 2.25 bits per heavy atom. The maximum Gasteiger partial charge on any atom is 0.269 e. The molecule has 0 aliphatic rings. The zero-order chi connectivity index (χ0) is 29.1. The first kappa shape index (κ1) is 29.8. The van der Waals surface area contributed by atoms with E-state index in [-0.39, 0.29) is 5.84 Å². The van der Waals surface area contributed by atoms with Crippen molar-refractivity contribution in [1.29, 1.82) is 5.41 Å². The minimum atomic E-state index is -0.953. The van der Waals surface area contributed by atoms with Crippen LogP contribution >= 0.6 is 0 Å². The van der Waals surface area contributed by atoms with E-state index in [0.29, 0.717) is 59.4 Å². The van der Waals surface area contributed by atoms with Crippen LogP contribution in [-0.2, 0) is 4.79 Å². The zero-order valence-corrected chi connectivity index (χ0v) is 23.1. The summed E-state index contributed by atoms with van der Waals surface area (Å²) < 4.78 is 16.9. The molecule has 0 fully saturated rings. The van der Waals surface area contributed by atoms with Crippen molar-refractivity contribution in [2.75, 3.05) is 46.3 Å². The number of rotatable bonds is 13. The molecule has 1 unspecified atom stereocenters. The molecule has 3 aromatic carbocycles. The van der Waals surface area contributed by atoms with Crippen LogP contribution in [0.2, 0.25) is 0 Å². The van der Waals surface area contributed by atoms with Crippen LogP contribution in [0.25, 0.3) is 0 Å². The minimum absolute atomic E-state index is 0.0648. The number of ether oxygens (including phenoxy) is 3. The first-order chi connectivity index (χ1) is 19.2. The van der Waals surface area contributed by atoms with Gasteiger partial charge in [-0.2, -0.15) is 0 Å². The van der Waals surface area contributed by atoms with Gasteiger partial charge in [0.05, 0.1) is 13.7 Å². The molecule has 0 aliphatic carbocycles. The van der Waals surface area contributed by atoms with E-state index in [9.17, 15) is 9.59 Å². The highest BCUT2D eigenvalue weighted by Crippen LogP contribution is 2.29. The van der Waals surface area contributed by atoms with Crippen LogP contribution in [0, 0.1) is 5.41 Å². The lowest BCUT2D eigenvalue weighted by Gasteiger charge is -2.22. The Labute approximate surface area is 234 Å². The number of benzene rings is 3. The van der Waals surface area contributed by atoms with Crippen molar-refractivity contribution >= 4 is 23.3 Å². The van der Waals surface area contributed by atoms with E-state index >= 15 is 0 Å². The van der Waals surface area contributed by atoms with Crippen LogP contribution in [0.1, 0.15) is 34.5 Å². The van der Waals surface area contributed by atoms with Gasteiger partial charge in [-0.05, 0) is 81.2 Å². The average Bonchev–Trinajstić information content (AvgIpc) is 2.94. The van der Waals surface area contributed by atoms with Crippen LogP contribution < -0.4 is 36.1 Å². The largest absolute Gasteiger partial charge is 0.497 e. The summed E-state index contributed by atoms with van der Waals surface area (Å²) >= 11 is 0. The fourth-order valence-electron chi connectivity index (χ4n) is 3.68. The Balaban J connectivity index is 1.89. The number of nitrogens with two attached hydrogens (primary N) is 1. The number of amides is 2. The summed E-state index contributed by atoms with van der Waals surface area (Å²) in [5, 5.41) is 10.8. The number of likely N-dealkylation sites (N-methyl/N-ethyl adjacent to an activating group) is 1. The molecule has 0 radical (unpaired) electrons.